The lowest BCUT2D eigenvalue weighted by molar-refractivity contribution is -0.149. The van der Waals surface area contributed by atoms with Gasteiger partial charge in [0.1, 0.15) is 6.10 Å². The number of urea groups is 1. The zero-order valence-electron chi connectivity index (χ0n) is 16.4. The lowest BCUT2D eigenvalue weighted by Crippen LogP contribution is -2.32. The van der Waals surface area contributed by atoms with Crippen LogP contribution in [0.1, 0.15) is 62.7 Å². The Morgan fingerprint density at radius 3 is 2.43 bits per heavy atom. The summed E-state index contributed by atoms with van der Waals surface area (Å²) in [4.78, 5) is 26.2. The first-order valence-electron chi connectivity index (χ1n) is 10.1. The first-order valence-corrected chi connectivity index (χ1v) is 10.1. The molecule has 0 fully saturated rings. The smallest absolute Gasteiger partial charge is 0.323 e. The molecule has 1 unspecified atom stereocenters. The molecule has 2 aromatic carbocycles. The summed E-state index contributed by atoms with van der Waals surface area (Å²) in [7, 11) is 0. The Hall–Kier alpha value is -2.82. The Morgan fingerprint density at radius 1 is 1.00 bits per heavy atom. The highest BCUT2D eigenvalue weighted by Crippen LogP contribution is 2.41. The van der Waals surface area contributed by atoms with Crippen LogP contribution in [0.15, 0.2) is 48.5 Å². The molecule has 0 radical (unpaired) electrons. The number of hydrogen-bond acceptors (Lipinski definition) is 3. The summed E-state index contributed by atoms with van der Waals surface area (Å²) in [6.45, 7) is 2.17. The molecular formula is C23H28N2O3. The summed E-state index contributed by atoms with van der Waals surface area (Å²) >= 11 is 0. The minimum atomic E-state index is -0.553. The second-order valence-corrected chi connectivity index (χ2v) is 7.21. The molecule has 0 aliphatic carbocycles. The van der Waals surface area contributed by atoms with Crippen LogP contribution in [0.5, 0.6) is 0 Å². The van der Waals surface area contributed by atoms with Crippen molar-refractivity contribution in [2.45, 2.75) is 58.0 Å². The number of para-hydroxylation sites is 2. The first kappa shape index (κ1) is 19.9. The van der Waals surface area contributed by atoms with E-state index < -0.39 is 12.1 Å². The molecule has 2 N–H and O–H groups in total. The van der Waals surface area contributed by atoms with Crippen molar-refractivity contribution < 1.29 is 14.3 Å². The van der Waals surface area contributed by atoms with E-state index in [1.54, 1.807) is 0 Å². The highest BCUT2D eigenvalue weighted by Gasteiger charge is 2.30. The lowest BCUT2D eigenvalue weighted by Gasteiger charge is -2.23. The van der Waals surface area contributed by atoms with E-state index in [0.717, 1.165) is 36.1 Å². The van der Waals surface area contributed by atoms with Gasteiger partial charge in [0, 0.05) is 18.4 Å². The van der Waals surface area contributed by atoms with Gasteiger partial charge in [-0.15, -0.1) is 0 Å². The van der Waals surface area contributed by atoms with Crippen molar-refractivity contribution in [1.82, 2.24) is 0 Å². The largest absolute Gasteiger partial charge is 0.457 e. The molecule has 0 saturated heterocycles. The topological polar surface area (TPSA) is 72.6 Å². The number of fused-ring (bicyclic) bond motifs is 2. The average Bonchev–Trinajstić information content (AvgIpc) is 2.82. The Labute approximate surface area is 166 Å². The molecule has 2 amide bonds. The third-order valence-corrected chi connectivity index (χ3v) is 5.14. The van der Waals surface area contributed by atoms with Gasteiger partial charge < -0.3 is 10.5 Å². The Balaban J connectivity index is 1.83. The van der Waals surface area contributed by atoms with Crippen LogP contribution >= 0.6 is 0 Å². The van der Waals surface area contributed by atoms with Crippen molar-refractivity contribution in [3.63, 3.8) is 0 Å². The predicted octanol–water partition coefficient (Wildman–Crippen LogP) is 5.40. The number of esters is 1. The molecule has 5 heteroatoms. The molecule has 5 nitrogen and oxygen atoms in total. The molecule has 1 aliphatic rings. The van der Waals surface area contributed by atoms with Crippen molar-refractivity contribution in [3.05, 3.63) is 59.7 Å². The Bertz CT molecular complexity index is 834. The summed E-state index contributed by atoms with van der Waals surface area (Å²) in [6, 6.07) is 14.5. The second kappa shape index (κ2) is 9.40. The fraction of sp³-hybridized carbons (Fsp3) is 0.391. The Morgan fingerprint density at radius 2 is 1.68 bits per heavy atom. The number of ether oxygens (including phenoxy) is 1. The summed E-state index contributed by atoms with van der Waals surface area (Å²) in [6.07, 6.45) is 5.91. The van der Waals surface area contributed by atoms with Gasteiger partial charge in [0.25, 0.3) is 0 Å². The van der Waals surface area contributed by atoms with Gasteiger partial charge in [-0.1, -0.05) is 69.0 Å². The summed E-state index contributed by atoms with van der Waals surface area (Å²) in [5, 5.41) is 0. The van der Waals surface area contributed by atoms with E-state index in [4.69, 9.17) is 10.5 Å². The van der Waals surface area contributed by atoms with Crippen LogP contribution in [0.3, 0.4) is 0 Å². The van der Waals surface area contributed by atoms with Crippen LogP contribution in [0.25, 0.3) is 0 Å². The van der Waals surface area contributed by atoms with Crippen LogP contribution in [0, 0.1) is 0 Å². The van der Waals surface area contributed by atoms with Crippen LogP contribution in [-0.4, -0.2) is 12.0 Å². The number of nitrogens with zero attached hydrogens (tertiary/aromatic N) is 1. The van der Waals surface area contributed by atoms with Crippen molar-refractivity contribution >= 4 is 23.4 Å². The normalized spacial score (nSPS) is 15.3. The highest BCUT2D eigenvalue weighted by atomic mass is 16.5. The average molecular weight is 380 g/mol. The second-order valence-electron chi connectivity index (χ2n) is 7.21. The summed E-state index contributed by atoms with van der Waals surface area (Å²) in [5.41, 5.74) is 8.83. The van der Waals surface area contributed by atoms with Crippen LogP contribution < -0.4 is 10.6 Å². The number of primary amides is 1. The van der Waals surface area contributed by atoms with Crippen LogP contribution in [-0.2, 0) is 16.0 Å². The molecule has 2 aromatic rings. The maximum absolute atomic E-state index is 12.5. The first-order chi connectivity index (χ1) is 13.6. The van der Waals surface area contributed by atoms with E-state index >= 15 is 0 Å². The third-order valence-electron chi connectivity index (χ3n) is 5.14. The SMILES string of the molecule is CCCCCCCC(=O)OC1Cc2ccccc2N(C(N)=O)c2ccccc21. The predicted molar refractivity (Wildman–Crippen MR) is 111 cm³/mol. The number of unbranched alkanes of at least 4 members (excludes halogenated alkanes) is 4. The van der Waals surface area contributed by atoms with Crippen molar-refractivity contribution in [2.75, 3.05) is 4.90 Å². The molecule has 1 atom stereocenters. The van der Waals surface area contributed by atoms with Crippen LogP contribution in [0.4, 0.5) is 16.2 Å². The number of amides is 2. The van der Waals surface area contributed by atoms with E-state index in [-0.39, 0.29) is 5.97 Å². The van der Waals surface area contributed by atoms with Crippen LogP contribution in [0.2, 0.25) is 0 Å². The number of hydrogen-bond donors (Lipinski definition) is 1. The van der Waals surface area contributed by atoms with E-state index in [1.807, 2.05) is 48.5 Å². The van der Waals surface area contributed by atoms with Gasteiger partial charge >= 0.3 is 12.0 Å². The number of anilines is 2. The van der Waals surface area contributed by atoms with Gasteiger partial charge in [0.15, 0.2) is 0 Å². The molecule has 1 heterocycles. The highest BCUT2D eigenvalue weighted by molar-refractivity contribution is 6.00. The number of benzene rings is 2. The standard InChI is InChI=1S/C23H28N2O3/c1-2-3-4-5-6-15-22(26)28-21-16-17-11-7-9-13-19(17)25(23(24)27)20-14-10-8-12-18(20)21/h7-14,21H,2-6,15-16H2,1H3,(H2,24,27). The molecule has 1 aliphatic heterocycles. The third kappa shape index (κ3) is 4.53. The fourth-order valence-electron chi connectivity index (χ4n) is 3.74. The molecule has 0 bridgehead atoms. The minimum Gasteiger partial charge on any atom is -0.457 e. The summed E-state index contributed by atoms with van der Waals surface area (Å²) in [5.74, 6) is -0.193. The van der Waals surface area contributed by atoms with E-state index in [2.05, 4.69) is 6.92 Å². The number of carbonyl (C=O) groups is 2. The quantitative estimate of drug-likeness (QED) is 0.516. The van der Waals surface area contributed by atoms with E-state index in [0.29, 0.717) is 18.5 Å². The zero-order valence-corrected chi connectivity index (χ0v) is 16.4. The number of nitrogens with two attached hydrogens (primary N) is 1. The molecule has 0 saturated carbocycles. The van der Waals surface area contributed by atoms with Gasteiger partial charge in [-0.05, 0) is 24.1 Å². The number of carbonyl (C=O) groups excluding carboxylic acids is 2. The molecular weight excluding hydrogens is 352 g/mol. The molecule has 0 aromatic heterocycles. The van der Waals surface area contributed by atoms with E-state index in [9.17, 15) is 9.59 Å². The van der Waals surface area contributed by atoms with Gasteiger partial charge in [0.05, 0.1) is 11.4 Å². The molecule has 148 valence electrons. The van der Waals surface area contributed by atoms with Crippen molar-refractivity contribution in [3.8, 4) is 0 Å². The summed E-state index contributed by atoms with van der Waals surface area (Å²) < 4.78 is 5.87. The monoisotopic (exact) mass is 380 g/mol. The molecule has 28 heavy (non-hydrogen) atoms. The van der Waals surface area contributed by atoms with E-state index in [1.165, 1.54) is 17.7 Å². The van der Waals surface area contributed by atoms with Gasteiger partial charge in [-0.3, -0.25) is 9.69 Å². The lowest BCUT2D eigenvalue weighted by atomic mass is 10.0. The Kier molecular flexibility index (Phi) is 6.69. The maximum Gasteiger partial charge on any atom is 0.323 e. The molecule has 3 rings (SSSR count). The minimum absolute atomic E-state index is 0.193. The van der Waals surface area contributed by atoms with Gasteiger partial charge in [-0.25, -0.2) is 4.79 Å². The maximum atomic E-state index is 12.5. The van der Waals surface area contributed by atoms with Crippen molar-refractivity contribution in [1.29, 1.82) is 0 Å². The van der Waals surface area contributed by atoms with Crippen molar-refractivity contribution in [2.24, 2.45) is 5.73 Å². The van der Waals surface area contributed by atoms with Gasteiger partial charge in [0.2, 0.25) is 0 Å². The fourth-order valence-corrected chi connectivity index (χ4v) is 3.74. The van der Waals surface area contributed by atoms with Gasteiger partial charge in [-0.2, -0.15) is 0 Å². The zero-order chi connectivity index (χ0) is 19.9. The number of rotatable bonds is 7. The molecule has 0 spiro atoms.